The number of nitrogen functional groups attached to an aromatic ring is 4. The number of hydrogen-bond acceptors (Lipinski definition) is 14. The number of fused-ring (bicyclic) bond motifs is 10. The van der Waals surface area contributed by atoms with Crippen molar-refractivity contribution < 1.29 is 41.4 Å². The molecule has 0 radical (unpaired) electrons. The van der Waals surface area contributed by atoms with Crippen molar-refractivity contribution in [1.29, 1.82) is 0 Å². The van der Waals surface area contributed by atoms with Crippen LogP contribution >= 0.6 is 0 Å². The average molecular weight is 1260 g/mol. The van der Waals surface area contributed by atoms with E-state index >= 15 is 0 Å². The second kappa shape index (κ2) is 24.8. The number of aldehydes is 1. The van der Waals surface area contributed by atoms with Gasteiger partial charge < -0.3 is 22.9 Å². The first kappa shape index (κ1) is 58.6. The molecule has 3 aromatic carbocycles. The summed E-state index contributed by atoms with van der Waals surface area (Å²) < 4.78 is 19.2. The molecule has 9 aromatic heterocycles. The van der Waals surface area contributed by atoms with Gasteiger partial charge in [-0.3, -0.25) is 49.7 Å². The number of aromatic nitrogens is 9. The summed E-state index contributed by atoms with van der Waals surface area (Å²) in [4.78, 5) is 49.7. The Kier molecular flexibility index (Phi) is 15.1. The maximum Gasteiger partial charge on any atom is 0.770 e. The van der Waals surface area contributed by atoms with Crippen LogP contribution in [0, 0.1) is 0 Å². The largest absolute Gasteiger partial charge is 0.770 e. The van der Waals surface area contributed by atoms with Gasteiger partial charge in [-0.25, -0.2) is 0 Å². The van der Waals surface area contributed by atoms with E-state index in [1.165, 1.54) is 45.5 Å². The Morgan fingerprint density at radius 3 is 0.781 bits per heavy atom. The SMILES string of the molecule is C(=Nc1cc(N=Cc2ccccn2)c(N=Cc2ccccn2)cc1N=Cc1ccccn1)c1ccccn1.C1=[N+]2c3cc4c(cc3[N+]3=Cc5cccc[n+]5C23[n+]2ccccc21)[N+]1=Cc2cccc[n+]2C12[N+]4=Cc1cccc[n+]12.Nc1cc(N)c(N)cc1N.O=Cc1ccccn1. The third kappa shape index (κ3) is 10.4. The van der Waals surface area contributed by atoms with Crippen LogP contribution in [0.3, 0.4) is 0 Å². The monoisotopic (exact) mass is 1260 g/mol. The Bertz CT molecular complexity index is 4710. The summed E-state index contributed by atoms with van der Waals surface area (Å²) in [5.41, 5.74) is 38.8. The van der Waals surface area contributed by atoms with E-state index in [0.29, 0.717) is 51.2 Å². The standard InChI is InChI=1S/C32H22N8.C30H22N8.C6H10N4.C6H5NO/c1-5-13-33-23(9-1)19-37-27-17-29-30(18-28(27)38-20-24-10-2-6-14-34(24)31(33,37)38)40-22-26-12-4-8-16-36(26)32(40)35-15-7-3-11-25(35)21-39(29)32;1-5-13-31-23(9-1)19-35-27-17-29(37-21-25-11-3-7-15-33-25)30(38-22-26-12-4-8-16-34-26)18-28(27)36-20-24-10-2-6-14-32-24;7-3-1-4(8)6(10)2-5(3)9;8-5-6-3-1-2-4-7-6/h1-22H;1-22H;1-2H,7-10H2;1-5H/q+8;;;. The molecule has 6 aliphatic heterocycles. The van der Waals surface area contributed by atoms with Crippen molar-refractivity contribution in [1.82, 2.24) is 24.9 Å². The lowest BCUT2D eigenvalue weighted by atomic mass is 10.2. The van der Waals surface area contributed by atoms with Crippen LogP contribution in [0.15, 0.2) is 276 Å². The maximum absolute atomic E-state index is 9.94. The fourth-order valence-corrected chi connectivity index (χ4v) is 12.3. The Morgan fingerprint density at radius 1 is 0.302 bits per heavy atom. The van der Waals surface area contributed by atoms with Crippen LogP contribution in [0.2, 0.25) is 0 Å². The van der Waals surface area contributed by atoms with E-state index in [1.54, 1.807) is 86.2 Å². The zero-order valence-corrected chi connectivity index (χ0v) is 51.3. The molecule has 12 aromatic rings. The minimum Gasteiger partial charge on any atom is -0.397 e. The fourth-order valence-electron chi connectivity index (χ4n) is 12.3. The molecular weight excluding hydrogens is 1200 g/mol. The first-order valence-electron chi connectivity index (χ1n) is 30.5. The predicted octanol–water partition coefficient (Wildman–Crippen LogP) is 7.98. The van der Waals surface area contributed by atoms with Gasteiger partial charge >= 0.3 is 34.6 Å². The molecule has 0 unspecified atom stereocenters. The van der Waals surface area contributed by atoms with E-state index in [2.05, 4.69) is 216 Å². The number of anilines is 4. The topological polar surface area (TPSA) is 263 Å². The van der Waals surface area contributed by atoms with E-state index in [4.69, 9.17) is 22.9 Å². The van der Waals surface area contributed by atoms with Crippen molar-refractivity contribution in [3.05, 3.63) is 307 Å². The quantitative estimate of drug-likeness (QED) is 0.0468. The molecule has 0 fully saturated rings. The normalized spacial score (nSPS) is 14.3. The number of aliphatic imine (C=N–C) groups is 4. The van der Waals surface area contributed by atoms with Crippen molar-refractivity contribution in [3.63, 3.8) is 0 Å². The highest BCUT2D eigenvalue weighted by molar-refractivity contribution is 5.92. The van der Waals surface area contributed by atoms with E-state index in [1.807, 2.05) is 84.9 Å². The van der Waals surface area contributed by atoms with Gasteiger partial charge in [0.15, 0.2) is 31.1 Å². The van der Waals surface area contributed by atoms with Gasteiger partial charge in [0.05, 0.1) is 105 Å². The summed E-state index contributed by atoms with van der Waals surface area (Å²) in [5, 5.41) is 0. The van der Waals surface area contributed by atoms with Gasteiger partial charge in [-0.05, 0) is 109 Å². The molecule has 0 amide bonds. The van der Waals surface area contributed by atoms with Gasteiger partial charge in [0.2, 0.25) is 0 Å². The molecule has 6 aliphatic rings. The van der Waals surface area contributed by atoms with Crippen LogP contribution < -0.4 is 41.2 Å². The number of nitrogens with zero attached hydrogens (tertiary/aromatic N) is 17. The van der Waals surface area contributed by atoms with Crippen molar-refractivity contribution in [2.45, 2.75) is 11.8 Å². The highest BCUT2D eigenvalue weighted by atomic mass is 16.1. The number of carbonyl (C=O) groups excluding carboxylic acids is 1. The van der Waals surface area contributed by atoms with Crippen LogP contribution in [0.4, 0.5) is 68.2 Å². The number of rotatable bonds is 9. The summed E-state index contributed by atoms with van der Waals surface area (Å²) in [5.74, 6) is -1.14. The second-order valence-corrected chi connectivity index (χ2v) is 22.4. The van der Waals surface area contributed by atoms with E-state index in [-0.39, 0.29) is 0 Å². The molecule has 0 saturated heterocycles. The Morgan fingerprint density at radius 2 is 0.552 bits per heavy atom. The Labute approximate surface area is 549 Å². The number of hydrogen-bond donors (Lipinski definition) is 4. The zero-order chi connectivity index (χ0) is 65.2. The molecule has 0 aliphatic carbocycles. The van der Waals surface area contributed by atoms with Crippen molar-refractivity contribution in [2.24, 2.45) is 20.0 Å². The number of benzene rings is 3. The van der Waals surface area contributed by atoms with Gasteiger partial charge in [-0.1, -0.05) is 30.3 Å². The minimum atomic E-state index is -0.569. The number of pyridine rings is 9. The number of carbonyl (C=O) groups is 1. The first-order chi connectivity index (χ1) is 47.2. The lowest BCUT2D eigenvalue weighted by molar-refractivity contribution is -1.21. The van der Waals surface area contributed by atoms with Gasteiger partial charge in [0.25, 0.3) is 47.6 Å². The zero-order valence-electron chi connectivity index (χ0n) is 51.3. The molecule has 0 atom stereocenters. The van der Waals surface area contributed by atoms with Crippen LogP contribution in [0.5, 0.6) is 0 Å². The van der Waals surface area contributed by atoms with Gasteiger partial charge in [0.1, 0.15) is 5.69 Å². The molecule has 18 rings (SSSR count). The molecule has 22 nitrogen and oxygen atoms in total. The molecular formula is C74H59N21O+8. The molecule has 0 saturated carbocycles. The summed E-state index contributed by atoms with van der Waals surface area (Å²) in [7, 11) is 0. The first-order valence-corrected chi connectivity index (χ1v) is 30.5. The highest BCUT2D eigenvalue weighted by Gasteiger charge is 2.89. The van der Waals surface area contributed by atoms with E-state index in [9.17, 15) is 4.79 Å². The lowest BCUT2D eigenvalue weighted by Gasteiger charge is -2.07. The third-order valence-corrected chi connectivity index (χ3v) is 16.6. The smallest absolute Gasteiger partial charge is 0.397 e. The lowest BCUT2D eigenvalue weighted by Crippen LogP contribution is -2.77. The second-order valence-electron chi connectivity index (χ2n) is 22.4. The molecule has 458 valence electrons. The Hall–Kier alpha value is -13.8. The molecule has 8 N–H and O–H groups in total. The third-order valence-electron chi connectivity index (χ3n) is 16.6. The van der Waals surface area contributed by atoms with Crippen LogP contribution in [0.25, 0.3) is 0 Å². The fraction of sp³-hybridized carbons (Fsp3) is 0.0270. The van der Waals surface area contributed by atoms with Gasteiger partial charge in [-0.2, -0.15) is 0 Å². The Balaban J connectivity index is 0.000000125. The summed E-state index contributed by atoms with van der Waals surface area (Å²) in [6.45, 7) is 0. The molecule has 0 bridgehead atoms. The maximum atomic E-state index is 9.94. The van der Waals surface area contributed by atoms with Crippen LogP contribution in [0.1, 0.15) is 56.0 Å². The van der Waals surface area contributed by atoms with Crippen LogP contribution in [-0.4, -0.2) is 99.2 Å². The van der Waals surface area contributed by atoms with Crippen molar-refractivity contribution >= 4 is 124 Å². The molecule has 15 heterocycles. The summed E-state index contributed by atoms with van der Waals surface area (Å²) in [6, 6.07) is 65.0. The highest BCUT2D eigenvalue weighted by Crippen LogP contribution is 2.54. The molecule has 22 heteroatoms. The minimum absolute atomic E-state index is 0.465. The van der Waals surface area contributed by atoms with Crippen LogP contribution in [-0.2, 0) is 11.8 Å². The molecule has 96 heavy (non-hydrogen) atoms. The van der Waals surface area contributed by atoms with E-state index in [0.717, 1.165) is 29.1 Å². The van der Waals surface area contributed by atoms with Gasteiger partial charge in [-0.15, -0.1) is 0 Å². The number of nitrogens with two attached hydrogens (primary N) is 4. The van der Waals surface area contributed by atoms with Gasteiger partial charge in [0, 0.05) is 116 Å². The van der Waals surface area contributed by atoms with Crippen molar-refractivity contribution in [3.8, 4) is 0 Å². The van der Waals surface area contributed by atoms with Crippen molar-refractivity contribution in [2.75, 3.05) is 22.9 Å². The van der Waals surface area contributed by atoms with E-state index < -0.39 is 11.8 Å². The average Bonchev–Trinajstić information content (AvgIpc) is 1.49. The predicted molar refractivity (Wildman–Crippen MR) is 366 cm³/mol. The summed E-state index contributed by atoms with van der Waals surface area (Å²) >= 11 is 0. The molecule has 2 spiro atoms. The summed E-state index contributed by atoms with van der Waals surface area (Å²) in [6.07, 6.45) is 33.9.